The molecule has 0 aromatic carbocycles. The van der Waals surface area contributed by atoms with Gasteiger partial charge in [-0.2, -0.15) is 0 Å². The van der Waals surface area contributed by atoms with Crippen molar-refractivity contribution in [3.8, 4) is 0 Å². The summed E-state index contributed by atoms with van der Waals surface area (Å²) in [6.07, 6.45) is 0.190. The van der Waals surface area contributed by atoms with Gasteiger partial charge in [-0.25, -0.2) is 0 Å². The lowest BCUT2D eigenvalue weighted by molar-refractivity contribution is -0.142. The number of amides is 1. The van der Waals surface area contributed by atoms with Gasteiger partial charge in [0.25, 0.3) is 0 Å². The van der Waals surface area contributed by atoms with Gasteiger partial charge in [-0.1, -0.05) is 15.9 Å². The third kappa shape index (κ3) is 6.63. The SMILES string of the molecule is COCCN(CCC(=O)OC)C(=O)C(C)(C)Br. The minimum Gasteiger partial charge on any atom is -0.469 e. The third-order valence-corrected chi connectivity index (χ3v) is 2.51. The maximum atomic E-state index is 12.0. The number of halogens is 1. The Hall–Kier alpha value is -0.620. The van der Waals surface area contributed by atoms with Gasteiger partial charge in [-0.15, -0.1) is 0 Å². The number of methoxy groups -OCH3 is 2. The number of carbonyl (C=O) groups excluding carboxylic acids is 2. The van der Waals surface area contributed by atoms with E-state index in [2.05, 4.69) is 20.7 Å². The molecule has 0 bridgehead atoms. The first-order valence-electron chi connectivity index (χ1n) is 5.37. The number of alkyl halides is 1. The van der Waals surface area contributed by atoms with Gasteiger partial charge in [-0.3, -0.25) is 9.59 Å². The quantitative estimate of drug-likeness (QED) is 0.524. The zero-order valence-corrected chi connectivity index (χ0v) is 12.4. The van der Waals surface area contributed by atoms with Crippen LogP contribution in [0.25, 0.3) is 0 Å². The van der Waals surface area contributed by atoms with E-state index in [0.717, 1.165) is 0 Å². The summed E-state index contributed by atoms with van der Waals surface area (Å²) in [6.45, 7) is 4.78. The highest BCUT2D eigenvalue weighted by atomic mass is 79.9. The van der Waals surface area contributed by atoms with Crippen molar-refractivity contribution in [2.75, 3.05) is 33.9 Å². The van der Waals surface area contributed by atoms with Crippen LogP contribution in [0.3, 0.4) is 0 Å². The molecular formula is C11H20BrNO4. The van der Waals surface area contributed by atoms with E-state index in [0.29, 0.717) is 19.7 Å². The van der Waals surface area contributed by atoms with Crippen LogP contribution >= 0.6 is 15.9 Å². The number of hydrogen-bond donors (Lipinski definition) is 0. The molecule has 0 rings (SSSR count). The summed E-state index contributed by atoms with van der Waals surface area (Å²) in [5.41, 5.74) is 0. The van der Waals surface area contributed by atoms with Crippen molar-refractivity contribution in [2.45, 2.75) is 24.6 Å². The van der Waals surface area contributed by atoms with E-state index < -0.39 is 4.32 Å². The van der Waals surface area contributed by atoms with E-state index in [-0.39, 0.29) is 18.3 Å². The van der Waals surface area contributed by atoms with Crippen molar-refractivity contribution in [3.63, 3.8) is 0 Å². The lowest BCUT2D eigenvalue weighted by Crippen LogP contribution is -2.44. The summed E-state index contributed by atoms with van der Waals surface area (Å²) in [4.78, 5) is 24.7. The lowest BCUT2D eigenvalue weighted by atomic mass is 10.2. The average Bonchev–Trinajstić information content (AvgIpc) is 2.26. The number of rotatable bonds is 7. The minimum absolute atomic E-state index is 0.0709. The molecule has 0 aromatic heterocycles. The third-order valence-electron chi connectivity index (χ3n) is 2.17. The molecule has 0 N–H and O–H groups in total. The normalized spacial score (nSPS) is 11.1. The van der Waals surface area contributed by atoms with Crippen LogP contribution in [0.4, 0.5) is 0 Å². The molecule has 0 spiro atoms. The van der Waals surface area contributed by atoms with Gasteiger partial charge in [0.2, 0.25) is 5.91 Å². The number of nitrogens with zero attached hydrogens (tertiary/aromatic N) is 1. The second-order valence-electron chi connectivity index (χ2n) is 4.08. The van der Waals surface area contributed by atoms with Crippen LogP contribution in [0.1, 0.15) is 20.3 Å². The summed E-state index contributed by atoms with van der Waals surface area (Å²) in [5.74, 6) is -0.397. The molecule has 0 atom stereocenters. The molecule has 0 unspecified atom stereocenters. The first-order chi connectivity index (χ1) is 7.82. The summed E-state index contributed by atoms with van der Waals surface area (Å²) >= 11 is 3.31. The van der Waals surface area contributed by atoms with E-state index in [9.17, 15) is 9.59 Å². The van der Waals surface area contributed by atoms with E-state index in [1.165, 1.54) is 7.11 Å². The fourth-order valence-electron chi connectivity index (χ4n) is 1.22. The molecule has 100 valence electrons. The van der Waals surface area contributed by atoms with Crippen molar-refractivity contribution in [1.82, 2.24) is 4.90 Å². The zero-order valence-electron chi connectivity index (χ0n) is 10.8. The van der Waals surface area contributed by atoms with Gasteiger partial charge in [0.15, 0.2) is 0 Å². The largest absolute Gasteiger partial charge is 0.469 e. The second kappa shape index (κ2) is 7.66. The molecule has 0 heterocycles. The van der Waals surface area contributed by atoms with Crippen LogP contribution in [0.5, 0.6) is 0 Å². The highest BCUT2D eigenvalue weighted by Crippen LogP contribution is 2.19. The van der Waals surface area contributed by atoms with E-state index in [1.54, 1.807) is 25.9 Å². The molecule has 5 nitrogen and oxygen atoms in total. The molecule has 1 amide bonds. The standard InChI is InChI=1S/C11H20BrNO4/c1-11(2,12)10(15)13(7-8-16-3)6-5-9(14)17-4/h5-8H2,1-4H3. The molecule has 0 saturated carbocycles. The van der Waals surface area contributed by atoms with Crippen molar-refractivity contribution in [2.24, 2.45) is 0 Å². The molecule has 0 aliphatic carbocycles. The van der Waals surface area contributed by atoms with Crippen molar-refractivity contribution < 1.29 is 19.1 Å². The summed E-state index contributed by atoms with van der Waals surface area (Å²) in [6, 6.07) is 0. The van der Waals surface area contributed by atoms with Crippen molar-refractivity contribution in [1.29, 1.82) is 0 Å². The highest BCUT2D eigenvalue weighted by Gasteiger charge is 2.29. The first kappa shape index (κ1) is 16.4. The number of esters is 1. The highest BCUT2D eigenvalue weighted by molar-refractivity contribution is 9.10. The predicted octanol–water partition coefficient (Wildman–Crippen LogP) is 1.20. The van der Waals surface area contributed by atoms with Gasteiger partial charge >= 0.3 is 5.97 Å². The Morgan fingerprint density at radius 1 is 1.24 bits per heavy atom. The Kier molecular flexibility index (Phi) is 7.38. The Morgan fingerprint density at radius 3 is 2.24 bits per heavy atom. The minimum atomic E-state index is -0.642. The monoisotopic (exact) mass is 309 g/mol. The van der Waals surface area contributed by atoms with Gasteiger partial charge in [0.1, 0.15) is 0 Å². The Balaban J connectivity index is 4.42. The molecule has 0 aromatic rings. The van der Waals surface area contributed by atoms with Crippen LogP contribution in [0.15, 0.2) is 0 Å². The Labute approximate surface area is 111 Å². The average molecular weight is 310 g/mol. The molecule has 0 saturated heterocycles. The smallest absolute Gasteiger partial charge is 0.307 e. The summed E-state index contributed by atoms with van der Waals surface area (Å²) in [7, 11) is 2.90. The molecule has 0 fully saturated rings. The molecule has 0 aliphatic rings. The summed E-state index contributed by atoms with van der Waals surface area (Å²) < 4.78 is 8.85. The zero-order chi connectivity index (χ0) is 13.5. The lowest BCUT2D eigenvalue weighted by Gasteiger charge is -2.27. The Bertz CT molecular complexity index is 263. The van der Waals surface area contributed by atoms with Crippen LogP contribution in [-0.2, 0) is 19.1 Å². The van der Waals surface area contributed by atoms with Gasteiger partial charge < -0.3 is 14.4 Å². The van der Waals surface area contributed by atoms with Crippen LogP contribution in [-0.4, -0.2) is 55.0 Å². The van der Waals surface area contributed by atoms with Crippen LogP contribution < -0.4 is 0 Å². The number of carbonyl (C=O) groups is 2. The number of hydrogen-bond acceptors (Lipinski definition) is 4. The first-order valence-corrected chi connectivity index (χ1v) is 6.16. The molecule has 0 aliphatic heterocycles. The van der Waals surface area contributed by atoms with E-state index >= 15 is 0 Å². The predicted molar refractivity (Wildman–Crippen MR) is 68.1 cm³/mol. The number of ether oxygens (including phenoxy) is 2. The summed E-state index contributed by atoms with van der Waals surface area (Å²) in [5, 5.41) is 0. The van der Waals surface area contributed by atoms with Crippen LogP contribution in [0, 0.1) is 0 Å². The topological polar surface area (TPSA) is 55.8 Å². The maximum absolute atomic E-state index is 12.0. The molecule has 0 radical (unpaired) electrons. The second-order valence-corrected chi connectivity index (χ2v) is 6.07. The fraction of sp³-hybridized carbons (Fsp3) is 0.818. The van der Waals surface area contributed by atoms with Gasteiger partial charge in [0.05, 0.1) is 24.5 Å². The molecule has 17 heavy (non-hydrogen) atoms. The molecular weight excluding hydrogens is 290 g/mol. The Morgan fingerprint density at radius 2 is 1.82 bits per heavy atom. The van der Waals surface area contributed by atoms with Crippen molar-refractivity contribution in [3.05, 3.63) is 0 Å². The maximum Gasteiger partial charge on any atom is 0.307 e. The van der Waals surface area contributed by atoms with E-state index in [1.807, 2.05) is 0 Å². The van der Waals surface area contributed by atoms with E-state index in [4.69, 9.17) is 4.74 Å². The van der Waals surface area contributed by atoms with Crippen molar-refractivity contribution >= 4 is 27.8 Å². The van der Waals surface area contributed by atoms with Gasteiger partial charge in [-0.05, 0) is 13.8 Å². The van der Waals surface area contributed by atoms with Gasteiger partial charge in [0, 0.05) is 20.2 Å². The van der Waals surface area contributed by atoms with Crippen LogP contribution in [0.2, 0.25) is 0 Å². The molecule has 6 heteroatoms. The fourth-order valence-corrected chi connectivity index (χ4v) is 1.47.